The molecular formula is C18H12N4O5S. The van der Waals surface area contributed by atoms with Crippen LogP contribution in [0.15, 0.2) is 62.7 Å². The van der Waals surface area contributed by atoms with E-state index in [1.807, 2.05) is 25.1 Å². The number of hydrazone groups is 1. The smallest absolute Gasteiger partial charge is 0.433 e. The van der Waals surface area contributed by atoms with Crippen molar-refractivity contribution >= 4 is 44.7 Å². The van der Waals surface area contributed by atoms with Crippen LogP contribution in [0.25, 0.3) is 10.2 Å². The summed E-state index contributed by atoms with van der Waals surface area (Å²) in [5, 5.41) is 16.3. The predicted octanol–water partition coefficient (Wildman–Crippen LogP) is 4.38. The van der Waals surface area contributed by atoms with Gasteiger partial charge in [-0.1, -0.05) is 17.4 Å². The lowest BCUT2D eigenvalue weighted by Gasteiger charge is -2.11. The molecule has 1 aromatic carbocycles. The summed E-state index contributed by atoms with van der Waals surface area (Å²) in [5.74, 6) is -0.738. The Labute approximate surface area is 161 Å². The minimum absolute atomic E-state index is 0.0815. The molecule has 10 heteroatoms. The summed E-state index contributed by atoms with van der Waals surface area (Å²) in [6, 6.07) is 11.5. The second kappa shape index (κ2) is 7.08. The molecule has 28 heavy (non-hydrogen) atoms. The van der Waals surface area contributed by atoms with Gasteiger partial charge in [0.1, 0.15) is 4.92 Å². The Hall–Kier alpha value is -3.79. The highest BCUT2D eigenvalue weighted by atomic mass is 32.1. The first kappa shape index (κ1) is 17.6. The van der Waals surface area contributed by atoms with Gasteiger partial charge in [-0.15, -0.1) is 0 Å². The highest BCUT2D eigenvalue weighted by Crippen LogP contribution is 2.30. The summed E-state index contributed by atoms with van der Waals surface area (Å²) in [7, 11) is 0. The van der Waals surface area contributed by atoms with Gasteiger partial charge in [0, 0.05) is 0 Å². The average molecular weight is 396 g/mol. The van der Waals surface area contributed by atoms with Gasteiger partial charge in [-0.3, -0.25) is 14.9 Å². The van der Waals surface area contributed by atoms with E-state index in [9.17, 15) is 14.9 Å². The van der Waals surface area contributed by atoms with Crippen LogP contribution in [0.5, 0.6) is 0 Å². The van der Waals surface area contributed by atoms with E-state index in [2.05, 4.69) is 10.1 Å². The zero-order valence-electron chi connectivity index (χ0n) is 14.4. The Bertz CT molecular complexity index is 1190. The number of amides is 1. The second-order valence-electron chi connectivity index (χ2n) is 5.74. The SMILES string of the molecule is Cc1ccc2nc(N(/N=C/c3ccc([N+](=O)[O-])o3)C(=O)c3ccco3)sc2c1. The maximum atomic E-state index is 12.8. The summed E-state index contributed by atoms with van der Waals surface area (Å²) < 4.78 is 11.1. The number of anilines is 1. The molecule has 0 unspecified atom stereocenters. The average Bonchev–Trinajstić information content (AvgIpc) is 3.41. The van der Waals surface area contributed by atoms with E-state index in [0.717, 1.165) is 20.8 Å². The van der Waals surface area contributed by atoms with Crippen molar-refractivity contribution in [3.63, 3.8) is 0 Å². The van der Waals surface area contributed by atoms with Crippen LogP contribution < -0.4 is 5.01 Å². The predicted molar refractivity (Wildman–Crippen MR) is 103 cm³/mol. The van der Waals surface area contributed by atoms with Crippen LogP contribution in [0.4, 0.5) is 11.0 Å². The maximum Gasteiger partial charge on any atom is 0.433 e. The molecule has 0 saturated carbocycles. The first-order valence-corrected chi connectivity index (χ1v) is 8.86. The third kappa shape index (κ3) is 3.40. The molecule has 9 nitrogen and oxygen atoms in total. The quantitative estimate of drug-likeness (QED) is 0.281. The first-order valence-electron chi connectivity index (χ1n) is 8.04. The summed E-state index contributed by atoms with van der Waals surface area (Å²) >= 11 is 1.29. The lowest BCUT2D eigenvalue weighted by molar-refractivity contribution is -0.402. The van der Waals surface area contributed by atoms with Crippen LogP contribution in [0.1, 0.15) is 21.9 Å². The van der Waals surface area contributed by atoms with E-state index in [1.165, 1.54) is 42.0 Å². The van der Waals surface area contributed by atoms with E-state index >= 15 is 0 Å². The molecule has 0 saturated heterocycles. The van der Waals surface area contributed by atoms with Crippen molar-refractivity contribution in [1.82, 2.24) is 4.98 Å². The maximum absolute atomic E-state index is 12.8. The fraction of sp³-hybridized carbons (Fsp3) is 0.0556. The van der Waals surface area contributed by atoms with E-state index in [4.69, 9.17) is 8.83 Å². The van der Waals surface area contributed by atoms with Gasteiger partial charge in [-0.05, 0) is 42.8 Å². The lowest BCUT2D eigenvalue weighted by atomic mass is 10.2. The zero-order valence-corrected chi connectivity index (χ0v) is 15.3. The van der Waals surface area contributed by atoms with Gasteiger partial charge in [0.05, 0.1) is 28.8 Å². The lowest BCUT2D eigenvalue weighted by Crippen LogP contribution is -2.25. The molecule has 0 N–H and O–H groups in total. The van der Waals surface area contributed by atoms with E-state index in [1.54, 1.807) is 6.07 Å². The number of benzene rings is 1. The number of hydrogen-bond donors (Lipinski definition) is 0. The van der Waals surface area contributed by atoms with Crippen LogP contribution in [0, 0.1) is 17.0 Å². The van der Waals surface area contributed by atoms with Gasteiger partial charge in [-0.25, -0.2) is 4.98 Å². The van der Waals surface area contributed by atoms with Gasteiger partial charge in [0.15, 0.2) is 11.5 Å². The van der Waals surface area contributed by atoms with Crippen LogP contribution in [0.2, 0.25) is 0 Å². The van der Waals surface area contributed by atoms with Gasteiger partial charge >= 0.3 is 11.8 Å². The Morgan fingerprint density at radius 2 is 2.18 bits per heavy atom. The topological polar surface area (TPSA) is 115 Å². The standard InChI is InChI=1S/C18H12N4O5S/c1-11-4-6-13-15(9-11)28-18(20-13)21(17(23)14-3-2-8-26-14)19-10-12-5-7-16(27-12)22(24)25/h2-10H,1H3/b19-10+. The van der Waals surface area contributed by atoms with Crippen molar-refractivity contribution in [3.8, 4) is 0 Å². The van der Waals surface area contributed by atoms with Crippen molar-refractivity contribution in [1.29, 1.82) is 0 Å². The molecule has 0 atom stereocenters. The van der Waals surface area contributed by atoms with Crippen molar-refractivity contribution < 1.29 is 18.6 Å². The van der Waals surface area contributed by atoms with Crippen LogP contribution >= 0.6 is 11.3 Å². The molecule has 0 radical (unpaired) electrons. The fourth-order valence-corrected chi connectivity index (χ4v) is 3.45. The highest BCUT2D eigenvalue weighted by Gasteiger charge is 2.23. The molecule has 3 aromatic heterocycles. The van der Waals surface area contributed by atoms with Crippen molar-refractivity contribution in [3.05, 3.63) is 75.9 Å². The monoisotopic (exact) mass is 396 g/mol. The first-order chi connectivity index (χ1) is 13.5. The Kier molecular flexibility index (Phi) is 4.45. The number of aryl methyl sites for hydroxylation is 1. The number of carbonyl (C=O) groups excluding carboxylic acids is 1. The summed E-state index contributed by atoms with van der Waals surface area (Å²) in [6.45, 7) is 1.96. The molecular weight excluding hydrogens is 384 g/mol. The van der Waals surface area contributed by atoms with E-state index in [-0.39, 0.29) is 11.5 Å². The molecule has 0 bridgehead atoms. The number of thiazole rings is 1. The summed E-state index contributed by atoms with van der Waals surface area (Å²) in [4.78, 5) is 27.4. The molecule has 0 aliphatic rings. The number of fused-ring (bicyclic) bond motifs is 1. The summed E-state index contributed by atoms with van der Waals surface area (Å²) in [5.41, 5.74) is 1.80. The Morgan fingerprint density at radius 1 is 1.32 bits per heavy atom. The van der Waals surface area contributed by atoms with E-state index in [0.29, 0.717) is 5.13 Å². The third-order valence-electron chi connectivity index (χ3n) is 3.73. The number of aromatic nitrogens is 1. The highest BCUT2D eigenvalue weighted by molar-refractivity contribution is 7.22. The molecule has 4 aromatic rings. The van der Waals surface area contributed by atoms with Crippen LogP contribution in [-0.4, -0.2) is 22.0 Å². The molecule has 3 heterocycles. The molecule has 0 aliphatic heterocycles. The minimum Gasteiger partial charge on any atom is -0.459 e. The number of hydrogen-bond acceptors (Lipinski definition) is 8. The van der Waals surface area contributed by atoms with Gasteiger partial charge < -0.3 is 8.83 Å². The molecule has 0 aliphatic carbocycles. The number of nitrogens with zero attached hydrogens (tertiary/aromatic N) is 4. The third-order valence-corrected chi connectivity index (χ3v) is 4.72. The molecule has 0 fully saturated rings. The van der Waals surface area contributed by atoms with Gasteiger partial charge in [0.2, 0.25) is 5.13 Å². The van der Waals surface area contributed by atoms with Gasteiger partial charge in [0.25, 0.3) is 0 Å². The number of carbonyl (C=O) groups is 1. The van der Waals surface area contributed by atoms with Crippen molar-refractivity contribution in [2.24, 2.45) is 5.10 Å². The molecule has 140 valence electrons. The Morgan fingerprint density at radius 3 is 2.89 bits per heavy atom. The van der Waals surface area contributed by atoms with E-state index < -0.39 is 16.7 Å². The number of rotatable bonds is 5. The van der Waals surface area contributed by atoms with Crippen molar-refractivity contribution in [2.45, 2.75) is 6.92 Å². The molecule has 0 spiro atoms. The van der Waals surface area contributed by atoms with Crippen LogP contribution in [0.3, 0.4) is 0 Å². The number of furan rings is 2. The second-order valence-corrected chi connectivity index (χ2v) is 6.75. The molecule has 1 amide bonds. The van der Waals surface area contributed by atoms with Crippen molar-refractivity contribution in [2.75, 3.05) is 5.01 Å². The normalized spacial score (nSPS) is 11.3. The number of nitro groups is 1. The van der Waals surface area contributed by atoms with Crippen LogP contribution in [-0.2, 0) is 0 Å². The zero-order chi connectivity index (χ0) is 19.7. The Balaban J connectivity index is 1.73. The van der Waals surface area contributed by atoms with Gasteiger partial charge in [-0.2, -0.15) is 10.1 Å². The molecule has 4 rings (SSSR count). The minimum atomic E-state index is -0.654. The summed E-state index contributed by atoms with van der Waals surface area (Å²) in [6.07, 6.45) is 2.60. The largest absolute Gasteiger partial charge is 0.459 e. The fourth-order valence-electron chi connectivity index (χ4n) is 2.43.